The van der Waals surface area contributed by atoms with Crippen molar-refractivity contribution in [1.29, 1.82) is 0 Å². The lowest BCUT2D eigenvalue weighted by molar-refractivity contribution is -0.132. The first-order chi connectivity index (χ1) is 12.1. The molecule has 0 bridgehead atoms. The van der Waals surface area contributed by atoms with Crippen LogP contribution in [0.3, 0.4) is 0 Å². The molecule has 0 saturated carbocycles. The van der Waals surface area contributed by atoms with Crippen LogP contribution in [-0.2, 0) is 16.1 Å². The van der Waals surface area contributed by atoms with Crippen LogP contribution in [0.5, 0.6) is 0 Å². The van der Waals surface area contributed by atoms with Crippen LogP contribution in [0.25, 0.3) is 0 Å². The van der Waals surface area contributed by atoms with Crippen LogP contribution in [0.1, 0.15) is 37.0 Å². The lowest BCUT2D eigenvalue weighted by Crippen LogP contribution is -2.39. The lowest BCUT2D eigenvalue weighted by atomic mass is 10.1. The second kappa shape index (κ2) is 9.62. The minimum absolute atomic E-state index is 0.0825. The number of carbonyl (C=O) groups is 1. The molecule has 0 fully saturated rings. The van der Waals surface area contributed by atoms with Crippen molar-refractivity contribution in [3.63, 3.8) is 0 Å². The highest BCUT2D eigenvalue weighted by Crippen LogP contribution is 2.06. The largest absolute Gasteiger partial charge is 0.383 e. The molecule has 0 spiro atoms. The Labute approximate surface area is 149 Å². The lowest BCUT2D eigenvalue weighted by Gasteiger charge is -2.16. The molecular formula is C21H26N2O2. The van der Waals surface area contributed by atoms with Crippen molar-refractivity contribution in [1.82, 2.24) is 5.32 Å². The van der Waals surface area contributed by atoms with Crippen molar-refractivity contribution < 1.29 is 9.63 Å². The molecule has 132 valence electrons. The van der Waals surface area contributed by atoms with Gasteiger partial charge in [-0.05, 0) is 50.3 Å². The van der Waals surface area contributed by atoms with Gasteiger partial charge in [0.1, 0.15) is 0 Å². The predicted octanol–water partition coefficient (Wildman–Crippen LogP) is 3.87. The van der Waals surface area contributed by atoms with E-state index >= 15 is 0 Å². The Morgan fingerprint density at radius 1 is 1.12 bits per heavy atom. The highest BCUT2D eigenvalue weighted by Gasteiger charge is 2.16. The maximum Gasteiger partial charge on any atom is 0.263 e. The maximum absolute atomic E-state index is 12.2. The number of hydrogen-bond donors (Lipinski definition) is 1. The molecule has 0 aliphatic rings. The van der Waals surface area contributed by atoms with Crippen molar-refractivity contribution in [3.8, 4) is 0 Å². The van der Waals surface area contributed by atoms with Crippen LogP contribution in [0.15, 0.2) is 59.8 Å². The van der Waals surface area contributed by atoms with E-state index in [1.165, 1.54) is 5.56 Å². The summed E-state index contributed by atoms with van der Waals surface area (Å²) >= 11 is 0. The molecule has 2 atom stereocenters. The summed E-state index contributed by atoms with van der Waals surface area (Å²) < 4.78 is 0. The van der Waals surface area contributed by atoms with E-state index in [2.05, 4.69) is 22.6 Å². The second-order valence-corrected chi connectivity index (χ2v) is 6.27. The average molecular weight is 338 g/mol. The molecule has 2 aromatic rings. The Bertz CT molecular complexity index is 698. The third-order valence-electron chi connectivity index (χ3n) is 4.07. The van der Waals surface area contributed by atoms with E-state index < -0.39 is 6.10 Å². The Morgan fingerprint density at radius 2 is 1.80 bits per heavy atom. The van der Waals surface area contributed by atoms with Gasteiger partial charge in [0.2, 0.25) is 6.10 Å². The second-order valence-electron chi connectivity index (χ2n) is 6.27. The first-order valence-electron chi connectivity index (χ1n) is 8.65. The van der Waals surface area contributed by atoms with Crippen LogP contribution in [0.2, 0.25) is 0 Å². The number of aryl methyl sites for hydroxylation is 2. The molecule has 2 aromatic carbocycles. The fourth-order valence-corrected chi connectivity index (χ4v) is 2.42. The highest BCUT2D eigenvalue weighted by atomic mass is 16.6. The number of benzene rings is 2. The summed E-state index contributed by atoms with van der Waals surface area (Å²) in [5.41, 5.74) is 3.36. The van der Waals surface area contributed by atoms with Crippen molar-refractivity contribution in [3.05, 3.63) is 71.3 Å². The Morgan fingerprint density at radius 3 is 2.52 bits per heavy atom. The van der Waals surface area contributed by atoms with Gasteiger partial charge in [0, 0.05) is 6.04 Å². The quantitative estimate of drug-likeness (QED) is 0.587. The first kappa shape index (κ1) is 18.7. The maximum atomic E-state index is 12.2. The smallest absolute Gasteiger partial charge is 0.263 e. The Hall–Kier alpha value is -2.62. The SMILES string of the molecule is Cc1ccccc1/C=N/OC(C)C(=O)NC(C)CCc1ccccc1. The summed E-state index contributed by atoms with van der Waals surface area (Å²) in [5.74, 6) is -0.150. The van der Waals surface area contributed by atoms with E-state index in [-0.39, 0.29) is 11.9 Å². The zero-order valence-electron chi connectivity index (χ0n) is 15.1. The summed E-state index contributed by atoms with van der Waals surface area (Å²) in [5, 5.41) is 6.91. The number of nitrogens with one attached hydrogen (secondary N) is 1. The van der Waals surface area contributed by atoms with E-state index in [0.717, 1.165) is 24.0 Å². The van der Waals surface area contributed by atoms with Gasteiger partial charge in [-0.3, -0.25) is 4.79 Å². The minimum Gasteiger partial charge on any atom is -0.383 e. The van der Waals surface area contributed by atoms with Gasteiger partial charge in [-0.1, -0.05) is 59.8 Å². The zero-order chi connectivity index (χ0) is 18.1. The molecule has 0 aromatic heterocycles. The van der Waals surface area contributed by atoms with Gasteiger partial charge in [0.25, 0.3) is 5.91 Å². The predicted molar refractivity (Wildman–Crippen MR) is 102 cm³/mol. The van der Waals surface area contributed by atoms with Crippen LogP contribution >= 0.6 is 0 Å². The fraction of sp³-hybridized carbons (Fsp3) is 0.333. The molecule has 2 unspecified atom stereocenters. The van der Waals surface area contributed by atoms with E-state index in [4.69, 9.17) is 4.84 Å². The first-order valence-corrected chi connectivity index (χ1v) is 8.65. The molecule has 0 aliphatic carbocycles. The zero-order valence-corrected chi connectivity index (χ0v) is 15.1. The fourth-order valence-electron chi connectivity index (χ4n) is 2.42. The standard InChI is InChI=1S/C21H26N2O2/c1-16-9-7-8-12-20(16)15-22-25-18(3)21(24)23-17(2)13-14-19-10-5-4-6-11-19/h4-12,15,17-18H,13-14H2,1-3H3,(H,23,24)/b22-15+. The number of rotatable bonds is 8. The number of oxime groups is 1. The number of carbonyl (C=O) groups excluding carboxylic acids is 1. The van der Waals surface area contributed by atoms with Crippen molar-refractivity contribution in [2.24, 2.45) is 5.16 Å². The minimum atomic E-state index is -0.626. The van der Waals surface area contributed by atoms with Crippen LogP contribution in [0, 0.1) is 6.92 Å². The van der Waals surface area contributed by atoms with Crippen LogP contribution < -0.4 is 5.32 Å². The van der Waals surface area contributed by atoms with Gasteiger partial charge < -0.3 is 10.2 Å². The van der Waals surface area contributed by atoms with E-state index in [9.17, 15) is 4.79 Å². The van der Waals surface area contributed by atoms with Gasteiger partial charge in [-0.25, -0.2) is 0 Å². The molecule has 4 heteroatoms. The van der Waals surface area contributed by atoms with Gasteiger partial charge >= 0.3 is 0 Å². The number of amides is 1. The summed E-state index contributed by atoms with van der Waals surface area (Å²) in [6, 6.07) is 18.2. The van der Waals surface area contributed by atoms with Crippen molar-refractivity contribution >= 4 is 12.1 Å². The molecule has 4 nitrogen and oxygen atoms in total. The molecule has 0 saturated heterocycles. The monoisotopic (exact) mass is 338 g/mol. The number of hydrogen-bond acceptors (Lipinski definition) is 3. The molecule has 1 N–H and O–H groups in total. The molecular weight excluding hydrogens is 312 g/mol. The average Bonchev–Trinajstić information content (AvgIpc) is 2.62. The van der Waals surface area contributed by atoms with Crippen LogP contribution in [-0.4, -0.2) is 24.3 Å². The third-order valence-corrected chi connectivity index (χ3v) is 4.07. The van der Waals surface area contributed by atoms with Gasteiger partial charge in [-0.15, -0.1) is 0 Å². The summed E-state index contributed by atoms with van der Waals surface area (Å²) in [7, 11) is 0. The van der Waals surface area contributed by atoms with E-state index in [1.807, 2.05) is 56.3 Å². The van der Waals surface area contributed by atoms with E-state index in [0.29, 0.717) is 0 Å². The van der Waals surface area contributed by atoms with Gasteiger partial charge in [0.15, 0.2) is 0 Å². The molecule has 2 rings (SSSR count). The summed E-state index contributed by atoms with van der Waals surface area (Å²) in [4.78, 5) is 17.4. The third kappa shape index (κ3) is 6.42. The van der Waals surface area contributed by atoms with E-state index in [1.54, 1.807) is 13.1 Å². The van der Waals surface area contributed by atoms with Crippen molar-refractivity contribution in [2.75, 3.05) is 0 Å². The molecule has 0 heterocycles. The topological polar surface area (TPSA) is 50.7 Å². The Kier molecular flexibility index (Phi) is 7.20. The summed E-state index contributed by atoms with van der Waals surface area (Å²) in [6.45, 7) is 5.71. The molecule has 0 aliphatic heterocycles. The molecule has 1 amide bonds. The summed E-state index contributed by atoms with van der Waals surface area (Å²) in [6.07, 6.45) is 2.83. The molecule has 0 radical (unpaired) electrons. The van der Waals surface area contributed by atoms with Gasteiger partial charge in [0.05, 0.1) is 6.21 Å². The highest BCUT2D eigenvalue weighted by molar-refractivity contribution is 5.82. The van der Waals surface area contributed by atoms with Crippen molar-refractivity contribution in [2.45, 2.75) is 45.8 Å². The van der Waals surface area contributed by atoms with Crippen LogP contribution in [0.4, 0.5) is 0 Å². The Balaban J connectivity index is 1.75. The normalized spacial score (nSPS) is 13.4. The van der Waals surface area contributed by atoms with Gasteiger partial charge in [-0.2, -0.15) is 0 Å². The number of nitrogens with zero attached hydrogens (tertiary/aromatic N) is 1. The molecule has 25 heavy (non-hydrogen) atoms.